The monoisotopic (exact) mass is 224 g/mol. The number of carbonyl (C=O) groups is 1. The van der Waals surface area contributed by atoms with Crippen LogP contribution in [0.3, 0.4) is 0 Å². The zero-order valence-corrected chi connectivity index (χ0v) is 11.0. The van der Waals surface area contributed by atoms with Crippen molar-refractivity contribution in [2.24, 2.45) is 40.9 Å². The van der Waals surface area contributed by atoms with Crippen LogP contribution < -0.4 is 0 Å². The fraction of sp³-hybridized carbons (Fsp3) is 0.929. The molecule has 0 saturated heterocycles. The van der Waals surface area contributed by atoms with Crippen LogP contribution in [0.25, 0.3) is 0 Å². The molecule has 0 aliphatic heterocycles. The SMILES string of the molecule is CC1C2CC(C(=O)O)C1C(C(C)(C)C)C2C. The van der Waals surface area contributed by atoms with Gasteiger partial charge in [0.2, 0.25) is 0 Å². The Bertz CT molecular complexity index is 302. The van der Waals surface area contributed by atoms with Crippen LogP contribution in [-0.4, -0.2) is 11.1 Å². The molecule has 2 bridgehead atoms. The van der Waals surface area contributed by atoms with E-state index in [0.717, 1.165) is 6.42 Å². The number of carboxylic acids is 1. The van der Waals surface area contributed by atoms with E-state index in [1.54, 1.807) is 0 Å². The molecule has 6 unspecified atom stereocenters. The molecule has 0 aromatic heterocycles. The van der Waals surface area contributed by atoms with Crippen molar-refractivity contribution in [1.29, 1.82) is 0 Å². The van der Waals surface area contributed by atoms with Crippen LogP contribution in [0.5, 0.6) is 0 Å². The zero-order valence-electron chi connectivity index (χ0n) is 11.0. The highest BCUT2D eigenvalue weighted by Gasteiger charge is 2.59. The molecule has 0 heterocycles. The minimum absolute atomic E-state index is 0.0829. The van der Waals surface area contributed by atoms with Crippen molar-refractivity contribution < 1.29 is 9.90 Å². The lowest BCUT2D eigenvalue weighted by molar-refractivity contribution is -0.145. The molecule has 6 atom stereocenters. The molecule has 0 aromatic carbocycles. The molecule has 2 aliphatic carbocycles. The van der Waals surface area contributed by atoms with E-state index >= 15 is 0 Å². The third-order valence-corrected chi connectivity index (χ3v) is 5.25. The van der Waals surface area contributed by atoms with E-state index in [1.165, 1.54) is 0 Å². The second-order valence-electron chi connectivity index (χ2n) is 7.03. The number of carboxylic acid groups (broad SMARTS) is 1. The van der Waals surface area contributed by atoms with E-state index in [4.69, 9.17) is 0 Å². The van der Waals surface area contributed by atoms with Crippen molar-refractivity contribution in [1.82, 2.24) is 0 Å². The molecular weight excluding hydrogens is 200 g/mol. The normalized spacial score (nSPS) is 47.3. The Morgan fingerprint density at radius 3 is 2.12 bits per heavy atom. The molecule has 0 radical (unpaired) electrons. The molecule has 2 nitrogen and oxygen atoms in total. The maximum atomic E-state index is 11.3. The summed E-state index contributed by atoms with van der Waals surface area (Å²) in [6, 6.07) is 0. The molecule has 0 spiro atoms. The molecular formula is C14H24O2. The fourth-order valence-corrected chi connectivity index (χ4v) is 4.84. The third kappa shape index (κ3) is 1.49. The van der Waals surface area contributed by atoms with Gasteiger partial charge in [0.25, 0.3) is 0 Å². The number of fused-ring (bicyclic) bond motifs is 2. The average molecular weight is 224 g/mol. The van der Waals surface area contributed by atoms with Crippen molar-refractivity contribution in [2.75, 3.05) is 0 Å². The number of aliphatic carboxylic acids is 1. The van der Waals surface area contributed by atoms with E-state index in [-0.39, 0.29) is 11.3 Å². The molecule has 2 heteroatoms. The van der Waals surface area contributed by atoms with Gasteiger partial charge in [-0.15, -0.1) is 0 Å². The van der Waals surface area contributed by atoms with Gasteiger partial charge in [0, 0.05) is 0 Å². The molecule has 2 fully saturated rings. The lowest BCUT2D eigenvalue weighted by Crippen LogP contribution is -2.38. The van der Waals surface area contributed by atoms with Gasteiger partial charge >= 0.3 is 5.97 Å². The summed E-state index contributed by atoms with van der Waals surface area (Å²) in [6.07, 6.45) is 0.912. The van der Waals surface area contributed by atoms with Gasteiger partial charge in [-0.05, 0) is 41.4 Å². The molecule has 2 saturated carbocycles. The highest BCUT2D eigenvalue weighted by Crippen LogP contribution is 2.62. The quantitative estimate of drug-likeness (QED) is 0.742. The van der Waals surface area contributed by atoms with Crippen LogP contribution in [0.1, 0.15) is 41.0 Å². The first kappa shape index (κ1) is 11.9. The van der Waals surface area contributed by atoms with Crippen molar-refractivity contribution in [3.63, 3.8) is 0 Å². The zero-order chi connectivity index (χ0) is 12.2. The fourth-order valence-electron chi connectivity index (χ4n) is 4.84. The maximum absolute atomic E-state index is 11.3. The van der Waals surface area contributed by atoms with Gasteiger partial charge in [0.05, 0.1) is 5.92 Å². The van der Waals surface area contributed by atoms with Crippen LogP contribution in [0, 0.1) is 40.9 Å². The van der Waals surface area contributed by atoms with Gasteiger partial charge in [0.15, 0.2) is 0 Å². The first-order valence-corrected chi connectivity index (χ1v) is 6.48. The predicted octanol–water partition coefficient (Wildman–Crippen LogP) is 3.27. The van der Waals surface area contributed by atoms with Gasteiger partial charge in [-0.3, -0.25) is 4.79 Å². The van der Waals surface area contributed by atoms with Crippen molar-refractivity contribution in [2.45, 2.75) is 41.0 Å². The molecule has 2 aliphatic rings. The largest absolute Gasteiger partial charge is 0.481 e. The minimum atomic E-state index is -0.569. The topological polar surface area (TPSA) is 37.3 Å². The lowest BCUT2D eigenvalue weighted by atomic mass is 9.64. The van der Waals surface area contributed by atoms with Crippen LogP contribution in [-0.2, 0) is 4.79 Å². The Hall–Kier alpha value is -0.530. The van der Waals surface area contributed by atoms with Crippen molar-refractivity contribution in [3.8, 4) is 0 Å². The first-order chi connectivity index (χ1) is 7.25. The highest BCUT2D eigenvalue weighted by molar-refractivity contribution is 5.71. The first-order valence-electron chi connectivity index (χ1n) is 6.48. The Labute approximate surface area is 98.4 Å². The van der Waals surface area contributed by atoms with Gasteiger partial charge < -0.3 is 5.11 Å². The second-order valence-corrected chi connectivity index (χ2v) is 7.03. The van der Waals surface area contributed by atoms with Gasteiger partial charge in [-0.1, -0.05) is 34.6 Å². The van der Waals surface area contributed by atoms with Crippen LogP contribution in [0.2, 0.25) is 0 Å². The summed E-state index contributed by atoms with van der Waals surface area (Å²) in [7, 11) is 0. The molecule has 2 rings (SSSR count). The molecule has 1 N–H and O–H groups in total. The lowest BCUT2D eigenvalue weighted by Gasteiger charge is -2.41. The molecule has 0 aromatic rings. The summed E-state index contributed by atoms with van der Waals surface area (Å²) in [6.45, 7) is 11.4. The van der Waals surface area contributed by atoms with Gasteiger partial charge in [-0.2, -0.15) is 0 Å². The van der Waals surface area contributed by atoms with E-state index in [9.17, 15) is 9.90 Å². The van der Waals surface area contributed by atoms with Crippen LogP contribution >= 0.6 is 0 Å². The number of rotatable bonds is 1. The molecule has 92 valence electrons. The molecule has 0 amide bonds. The van der Waals surface area contributed by atoms with E-state index in [1.807, 2.05) is 0 Å². The number of hydrogen-bond acceptors (Lipinski definition) is 1. The van der Waals surface area contributed by atoms with Crippen molar-refractivity contribution in [3.05, 3.63) is 0 Å². The Kier molecular flexibility index (Phi) is 2.60. The van der Waals surface area contributed by atoms with Crippen LogP contribution in [0.4, 0.5) is 0 Å². The minimum Gasteiger partial charge on any atom is -0.481 e. The molecule has 16 heavy (non-hydrogen) atoms. The third-order valence-electron chi connectivity index (χ3n) is 5.25. The Morgan fingerprint density at radius 1 is 1.19 bits per heavy atom. The van der Waals surface area contributed by atoms with Gasteiger partial charge in [-0.25, -0.2) is 0 Å². The summed E-state index contributed by atoms with van der Waals surface area (Å²) in [4.78, 5) is 11.3. The Balaban J connectivity index is 2.32. The van der Waals surface area contributed by atoms with Gasteiger partial charge in [0.1, 0.15) is 0 Å². The summed E-state index contributed by atoms with van der Waals surface area (Å²) in [5, 5.41) is 9.32. The highest BCUT2D eigenvalue weighted by atomic mass is 16.4. The second kappa shape index (κ2) is 3.48. The smallest absolute Gasteiger partial charge is 0.306 e. The maximum Gasteiger partial charge on any atom is 0.306 e. The van der Waals surface area contributed by atoms with Crippen molar-refractivity contribution >= 4 is 5.97 Å². The summed E-state index contributed by atoms with van der Waals surface area (Å²) >= 11 is 0. The summed E-state index contributed by atoms with van der Waals surface area (Å²) < 4.78 is 0. The van der Waals surface area contributed by atoms with E-state index in [0.29, 0.717) is 29.6 Å². The van der Waals surface area contributed by atoms with E-state index in [2.05, 4.69) is 34.6 Å². The predicted molar refractivity (Wildman–Crippen MR) is 64.0 cm³/mol. The van der Waals surface area contributed by atoms with Crippen LogP contribution in [0.15, 0.2) is 0 Å². The average Bonchev–Trinajstić information content (AvgIpc) is 2.54. The summed E-state index contributed by atoms with van der Waals surface area (Å²) in [5.41, 5.74) is 0.237. The van der Waals surface area contributed by atoms with E-state index < -0.39 is 5.97 Å². The number of hydrogen-bond donors (Lipinski definition) is 1. The standard InChI is InChI=1S/C14H24O2/c1-7-9-6-10(13(15)16)11(7)12(8(9)2)14(3,4)5/h7-12H,6H2,1-5H3,(H,15,16). The Morgan fingerprint density at radius 2 is 1.75 bits per heavy atom. The summed E-state index contributed by atoms with van der Waals surface area (Å²) in [5.74, 6) is 2.24.